The molecular formula is C13H20BrNO. The van der Waals surface area contributed by atoms with Crippen LogP contribution in [0.5, 0.6) is 0 Å². The summed E-state index contributed by atoms with van der Waals surface area (Å²) in [5.74, 6) is 0.490. The summed E-state index contributed by atoms with van der Waals surface area (Å²) >= 11 is 3.48. The summed E-state index contributed by atoms with van der Waals surface area (Å²) in [6.45, 7) is 2.80. The van der Waals surface area contributed by atoms with Gasteiger partial charge in [0.2, 0.25) is 0 Å². The van der Waals surface area contributed by atoms with Crippen LogP contribution in [0.3, 0.4) is 0 Å². The first-order chi connectivity index (χ1) is 7.65. The van der Waals surface area contributed by atoms with E-state index in [1.54, 1.807) is 7.11 Å². The van der Waals surface area contributed by atoms with Crippen LogP contribution in [0.25, 0.3) is 0 Å². The van der Waals surface area contributed by atoms with Crippen LogP contribution in [0.4, 0.5) is 0 Å². The van der Waals surface area contributed by atoms with Gasteiger partial charge in [0, 0.05) is 11.6 Å². The highest BCUT2D eigenvalue weighted by molar-refractivity contribution is 9.10. The fourth-order valence-electron chi connectivity index (χ4n) is 1.83. The van der Waals surface area contributed by atoms with Gasteiger partial charge in [0.25, 0.3) is 0 Å². The molecule has 90 valence electrons. The number of hydrogen-bond acceptors (Lipinski definition) is 2. The summed E-state index contributed by atoms with van der Waals surface area (Å²) in [4.78, 5) is 0. The predicted molar refractivity (Wildman–Crippen MR) is 71.5 cm³/mol. The van der Waals surface area contributed by atoms with Gasteiger partial charge in [-0.25, -0.2) is 0 Å². The molecule has 0 fully saturated rings. The van der Waals surface area contributed by atoms with Crippen LogP contribution in [0.2, 0.25) is 0 Å². The normalized spacial score (nSPS) is 14.8. The molecule has 0 saturated heterocycles. The number of rotatable bonds is 6. The zero-order valence-corrected chi connectivity index (χ0v) is 11.5. The van der Waals surface area contributed by atoms with Crippen molar-refractivity contribution in [2.24, 2.45) is 11.7 Å². The van der Waals surface area contributed by atoms with Gasteiger partial charge in [-0.1, -0.05) is 28.1 Å². The quantitative estimate of drug-likeness (QED) is 0.872. The number of hydrogen-bond donors (Lipinski definition) is 1. The van der Waals surface area contributed by atoms with Crippen molar-refractivity contribution in [1.29, 1.82) is 0 Å². The fourth-order valence-corrected chi connectivity index (χ4v) is 2.27. The van der Waals surface area contributed by atoms with Gasteiger partial charge in [-0.15, -0.1) is 0 Å². The summed E-state index contributed by atoms with van der Waals surface area (Å²) in [7, 11) is 1.75. The minimum Gasteiger partial charge on any atom is -0.382 e. The average molecular weight is 286 g/mol. The Bertz CT molecular complexity index is 317. The molecule has 1 rings (SSSR count). The Hall–Kier alpha value is -0.380. The van der Waals surface area contributed by atoms with Crippen molar-refractivity contribution >= 4 is 15.9 Å². The third-order valence-corrected chi connectivity index (χ3v) is 3.31. The summed E-state index contributed by atoms with van der Waals surface area (Å²) in [5.41, 5.74) is 7.12. The molecule has 0 aliphatic rings. The first-order valence-electron chi connectivity index (χ1n) is 5.63. The average Bonchev–Trinajstić information content (AvgIpc) is 2.28. The minimum absolute atomic E-state index is 0.278. The van der Waals surface area contributed by atoms with Crippen LogP contribution in [0.1, 0.15) is 18.9 Å². The molecule has 2 N–H and O–H groups in total. The van der Waals surface area contributed by atoms with E-state index in [9.17, 15) is 0 Å². The molecule has 16 heavy (non-hydrogen) atoms. The van der Waals surface area contributed by atoms with Crippen LogP contribution >= 0.6 is 15.9 Å². The second kappa shape index (κ2) is 7.05. The molecule has 1 aromatic carbocycles. The highest BCUT2D eigenvalue weighted by Gasteiger charge is 2.12. The van der Waals surface area contributed by atoms with Gasteiger partial charge in [0.05, 0.1) is 6.10 Å². The van der Waals surface area contributed by atoms with Crippen molar-refractivity contribution < 1.29 is 4.74 Å². The second-order valence-corrected chi connectivity index (χ2v) is 5.13. The molecular weight excluding hydrogens is 266 g/mol. The van der Waals surface area contributed by atoms with E-state index in [1.165, 1.54) is 5.56 Å². The van der Waals surface area contributed by atoms with Crippen molar-refractivity contribution in [3.63, 3.8) is 0 Å². The van der Waals surface area contributed by atoms with Gasteiger partial charge >= 0.3 is 0 Å². The lowest BCUT2D eigenvalue weighted by molar-refractivity contribution is 0.0959. The van der Waals surface area contributed by atoms with Crippen molar-refractivity contribution in [2.45, 2.75) is 25.9 Å². The van der Waals surface area contributed by atoms with Gasteiger partial charge in [0.1, 0.15) is 0 Å². The van der Waals surface area contributed by atoms with Crippen molar-refractivity contribution in [1.82, 2.24) is 0 Å². The van der Waals surface area contributed by atoms with E-state index < -0.39 is 0 Å². The third-order valence-electron chi connectivity index (χ3n) is 2.81. The van der Waals surface area contributed by atoms with Crippen molar-refractivity contribution in [3.8, 4) is 0 Å². The van der Waals surface area contributed by atoms with E-state index in [0.717, 1.165) is 17.3 Å². The summed E-state index contributed by atoms with van der Waals surface area (Å²) in [6.07, 6.45) is 2.31. The molecule has 0 bridgehead atoms. The molecule has 0 amide bonds. The predicted octanol–water partition coefficient (Wildman–Crippen LogP) is 2.99. The van der Waals surface area contributed by atoms with E-state index in [1.807, 2.05) is 6.07 Å². The summed E-state index contributed by atoms with van der Waals surface area (Å²) < 4.78 is 6.40. The van der Waals surface area contributed by atoms with Crippen LogP contribution in [0.15, 0.2) is 28.7 Å². The number of benzene rings is 1. The zero-order chi connectivity index (χ0) is 12.0. The Morgan fingerprint density at radius 3 is 2.75 bits per heavy atom. The fraction of sp³-hybridized carbons (Fsp3) is 0.538. The molecule has 2 atom stereocenters. The van der Waals surface area contributed by atoms with Gasteiger partial charge in [-0.3, -0.25) is 0 Å². The monoisotopic (exact) mass is 285 g/mol. The highest BCUT2D eigenvalue weighted by Crippen LogP contribution is 2.18. The number of halogens is 1. The Balaban J connectivity index is 2.56. The molecule has 0 heterocycles. The van der Waals surface area contributed by atoms with Gasteiger partial charge in [0.15, 0.2) is 0 Å². The van der Waals surface area contributed by atoms with Crippen LogP contribution in [0, 0.1) is 5.92 Å². The maximum Gasteiger partial charge on any atom is 0.0546 e. The van der Waals surface area contributed by atoms with E-state index >= 15 is 0 Å². The number of methoxy groups -OCH3 is 1. The number of ether oxygens (including phenoxy) is 1. The summed E-state index contributed by atoms with van der Waals surface area (Å²) in [6, 6.07) is 8.40. The van der Waals surface area contributed by atoms with Gasteiger partial charge in [-0.05, 0) is 49.9 Å². The Kier molecular flexibility index (Phi) is 6.03. The largest absolute Gasteiger partial charge is 0.382 e. The van der Waals surface area contributed by atoms with E-state index in [-0.39, 0.29) is 6.10 Å². The van der Waals surface area contributed by atoms with E-state index in [4.69, 9.17) is 10.5 Å². The molecule has 0 aliphatic carbocycles. The highest BCUT2D eigenvalue weighted by atomic mass is 79.9. The topological polar surface area (TPSA) is 35.2 Å². The maximum absolute atomic E-state index is 5.79. The van der Waals surface area contributed by atoms with E-state index in [0.29, 0.717) is 12.5 Å². The first-order valence-corrected chi connectivity index (χ1v) is 6.42. The van der Waals surface area contributed by atoms with E-state index in [2.05, 4.69) is 41.1 Å². The van der Waals surface area contributed by atoms with Crippen LogP contribution < -0.4 is 5.73 Å². The molecule has 0 spiro atoms. The molecule has 2 nitrogen and oxygen atoms in total. The summed E-state index contributed by atoms with van der Waals surface area (Å²) in [5, 5.41) is 0. The Morgan fingerprint density at radius 1 is 1.44 bits per heavy atom. The van der Waals surface area contributed by atoms with Crippen molar-refractivity contribution in [3.05, 3.63) is 34.3 Å². The Labute approximate surface area is 106 Å². The number of nitrogens with two attached hydrogens (primary N) is 1. The van der Waals surface area contributed by atoms with Gasteiger partial charge < -0.3 is 10.5 Å². The molecule has 3 heteroatoms. The smallest absolute Gasteiger partial charge is 0.0546 e. The zero-order valence-electron chi connectivity index (χ0n) is 9.95. The van der Waals surface area contributed by atoms with Crippen LogP contribution in [-0.2, 0) is 11.2 Å². The molecule has 0 aliphatic heterocycles. The standard InChI is InChI=1S/C13H20BrNO/c1-10(16-2)6-12(9-15)7-11-4-3-5-13(14)8-11/h3-5,8,10,12H,6-7,9,15H2,1-2H3. The maximum atomic E-state index is 5.79. The second-order valence-electron chi connectivity index (χ2n) is 4.22. The van der Waals surface area contributed by atoms with Crippen LogP contribution in [-0.4, -0.2) is 19.8 Å². The SMILES string of the molecule is COC(C)CC(CN)Cc1cccc(Br)c1. The molecule has 0 aromatic heterocycles. The lowest BCUT2D eigenvalue weighted by Gasteiger charge is -2.18. The van der Waals surface area contributed by atoms with Crippen molar-refractivity contribution in [2.75, 3.05) is 13.7 Å². The van der Waals surface area contributed by atoms with Gasteiger partial charge in [-0.2, -0.15) is 0 Å². The molecule has 0 radical (unpaired) electrons. The lowest BCUT2D eigenvalue weighted by atomic mass is 9.94. The first kappa shape index (κ1) is 13.7. The molecule has 0 saturated carbocycles. The third kappa shape index (κ3) is 4.64. The molecule has 2 unspecified atom stereocenters. The Morgan fingerprint density at radius 2 is 2.19 bits per heavy atom. The minimum atomic E-state index is 0.278. The molecule has 1 aromatic rings. The lowest BCUT2D eigenvalue weighted by Crippen LogP contribution is -2.22.